The molecule has 2 N–H and O–H groups in total. The molecule has 0 saturated carbocycles. The summed E-state index contributed by atoms with van der Waals surface area (Å²) in [6, 6.07) is 13.9. The Kier molecular flexibility index (Phi) is 8.88. The minimum absolute atomic E-state index is 0.0987. The van der Waals surface area contributed by atoms with E-state index in [1.807, 2.05) is 43.5 Å². The Balaban J connectivity index is 1.75. The van der Waals surface area contributed by atoms with Gasteiger partial charge in [0, 0.05) is 28.1 Å². The molecule has 0 fully saturated rings. The molecule has 6 heteroatoms. The van der Waals surface area contributed by atoms with Gasteiger partial charge in [0.05, 0.1) is 11.8 Å². The Hall–Kier alpha value is -3.12. The summed E-state index contributed by atoms with van der Waals surface area (Å²) in [6.07, 6.45) is 4.54. The summed E-state index contributed by atoms with van der Waals surface area (Å²) in [5, 5.41) is 10.2. The molecule has 0 unspecified atom stereocenters. The number of nitrogens with one attached hydrogen (secondary N) is 2. The van der Waals surface area contributed by atoms with E-state index in [2.05, 4.69) is 67.3 Å². The van der Waals surface area contributed by atoms with E-state index < -0.39 is 0 Å². The van der Waals surface area contributed by atoms with Crippen molar-refractivity contribution in [1.29, 1.82) is 0 Å². The van der Waals surface area contributed by atoms with E-state index in [1.54, 1.807) is 18.0 Å². The van der Waals surface area contributed by atoms with Crippen LogP contribution in [0, 0.1) is 6.92 Å². The summed E-state index contributed by atoms with van der Waals surface area (Å²) < 4.78 is 0. The third kappa shape index (κ3) is 6.26. The molecule has 3 rings (SSSR count). The van der Waals surface area contributed by atoms with Gasteiger partial charge in [0.1, 0.15) is 0 Å². The van der Waals surface area contributed by atoms with Crippen LogP contribution in [0.4, 0.5) is 11.5 Å². The van der Waals surface area contributed by atoms with Crippen molar-refractivity contribution in [2.45, 2.75) is 59.6 Å². The van der Waals surface area contributed by atoms with Gasteiger partial charge in [0.25, 0.3) is 5.91 Å². The lowest BCUT2D eigenvalue weighted by Crippen LogP contribution is -2.12. The van der Waals surface area contributed by atoms with Crippen LogP contribution in [0.5, 0.6) is 0 Å². The van der Waals surface area contributed by atoms with Gasteiger partial charge in [-0.25, -0.2) is 4.99 Å². The quantitative estimate of drug-likeness (QED) is 0.310. The van der Waals surface area contributed by atoms with Crippen molar-refractivity contribution in [2.75, 3.05) is 5.32 Å². The molecule has 0 aliphatic rings. The zero-order chi connectivity index (χ0) is 24.7. The largest absolute Gasteiger partial charge is 0.322 e. The number of aryl methyl sites for hydroxylation is 1. The van der Waals surface area contributed by atoms with E-state index in [1.165, 1.54) is 21.6 Å². The number of thioether (sulfide) groups is 1. The average molecular weight is 475 g/mol. The summed E-state index contributed by atoms with van der Waals surface area (Å²) >= 11 is 1.75. The molecular formula is C28H34N4OS. The highest BCUT2D eigenvalue weighted by Gasteiger charge is 2.14. The number of aliphatic imine (C=N–C) groups is 1. The number of rotatable bonds is 9. The first-order valence-corrected chi connectivity index (χ1v) is 12.7. The van der Waals surface area contributed by atoms with Gasteiger partial charge in [-0.05, 0) is 74.1 Å². The average Bonchev–Trinajstić information content (AvgIpc) is 3.27. The minimum atomic E-state index is -0.0987. The lowest BCUT2D eigenvalue weighted by atomic mass is 9.97. The van der Waals surface area contributed by atoms with Crippen LogP contribution < -0.4 is 5.32 Å². The summed E-state index contributed by atoms with van der Waals surface area (Å²) in [7, 11) is 0. The number of carbonyl (C=O) groups is 1. The van der Waals surface area contributed by atoms with Gasteiger partial charge >= 0.3 is 0 Å². The normalized spacial score (nSPS) is 12.3. The van der Waals surface area contributed by atoms with E-state index in [0.717, 1.165) is 34.8 Å². The molecule has 0 atom stereocenters. The van der Waals surface area contributed by atoms with Crippen LogP contribution in [-0.4, -0.2) is 22.3 Å². The maximum atomic E-state index is 12.9. The predicted octanol–water partition coefficient (Wildman–Crippen LogP) is 7.89. The fourth-order valence-corrected chi connectivity index (χ4v) is 5.01. The zero-order valence-electron chi connectivity index (χ0n) is 20.9. The number of aromatic nitrogens is 2. The number of anilines is 1. The van der Waals surface area contributed by atoms with Crippen LogP contribution in [0.3, 0.4) is 0 Å². The molecule has 0 aliphatic carbocycles. The molecule has 3 aromatic rings. The fourth-order valence-electron chi connectivity index (χ4n) is 3.83. The maximum Gasteiger partial charge on any atom is 0.255 e. The van der Waals surface area contributed by atoms with Crippen LogP contribution >= 0.6 is 11.8 Å². The van der Waals surface area contributed by atoms with Crippen molar-refractivity contribution in [1.82, 2.24) is 10.2 Å². The van der Waals surface area contributed by atoms with Gasteiger partial charge in [-0.15, -0.1) is 11.8 Å². The van der Waals surface area contributed by atoms with Crippen LogP contribution in [-0.2, 0) is 5.75 Å². The number of benzene rings is 2. The number of H-pyrrole nitrogens is 1. The molecule has 5 nitrogen and oxygen atoms in total. The second-order valence-electron chi connectivity index (χ2n) is 8.65. The predicted molar refractivity (Wildman–Crippen MR) is 146 cm³/mol. The molecular weight excluding hydrogens is 440 g/mol. The lowest BCUT2D eigenvalue weighted by Gasteiger charge is -2.13. The number of nitrogens with zero attached hydrogens (tertiary/aromatic N) is 2. The topological polar surface area (TPSA) is 70.1 Å². The second kappa shape index (κ2) is 11.8. The van der Waals surface area contributed by atoms with Crippen LogP contribution in [0.1, 0.15) is 79.6 Å². The molecule has 0 saturated heterocycles. The highest BCUT2D eigenvalue weighted by atomic mass is 32.2. The molecule has 1 amide bonds. The van der Waals surface area contributed by atoms with Gasteiger partial charge in [-0.3, -0.25) is 9.89 Å². The van der Waals surface area contributed by atoms with Crippen molar-refractivity contribution in [2.24, 2.45) is 4.99 Å². The summed E-state index contributed by atoms with van der Waals surface area (Å²) in [5.74, 6) is 1.88. The first-order valence-electron chi connectivity index (χ1n) is 11.7. The maximum absolute atomic E-state index is 12.9. The molecule has 0 spiro atoms. The molecule has 0 bridgehead atoms. The number of hydrogen-bond donors (Lipinski definition) is 2. The SMILES string of the molecule is C/C=N\c1[nH]ncc1/C(SCc1cccc(C(=O)Nc2ccc(C(C)C)c(C)c2)c1)=C(\C)CC. The third-order valence-corrected chi connectivity index (χ3v) is 7.10. The summed E-state index contributed by atoms with van der Waals surface area (Å²) in [5.41, 5.74) is 7.35. The Morgan fingerprint density at radius 1 is 1.24 bits per heavy atom. The molecule has 0 aliphatic heterocycles. The van der Waals surface area contributed by atoms with E-state index in [4.69, 9.17) is 0 Å². The molecule has 2 aromatic carbocycles. The molecule has 1 heterocycles. The van der Waals surface area contributed by atoms with Crippen molar-refractivity contribution in [3.63, 3.8) is 0 Å². The number of aromatic amines is 1. The number of carbonyl (C=O) groups excluding carboxylic acids is 1. The van der Waals surface area contributed by atoms with Crippen molar-refractivity contribution < 1.29 is 4.79 Å². The van der Waals surface area contributed by atoms with Crippen LogP contribution in [0.15, 0.2) is 59.2 Å². The first kappa shape index (κ1) is 25.5. The Morgan fingerprint density at radius 3 is 2.71 bits per heavy atom. The Bertz CT molecular complexity index is 1210. The van der Waals surface area contributed by atoms with Crippen molar-refractivity contribution in [3.8, 4) is 0 Å². The van der Waals surface area contributed by atoms with Gasteiger partial charge in [0.2, 0.25) is 0 Å². The van der Waals surface area contributed by atoms with Crippen LogP contribution in [0.25, 0.3) is 4.91 Å². The standard InChI is InChI=1S/C28H34N4OS/c1-7-19(5)26(25-16-30-32-27(25)29-8-2)34-17-21-10-9-11-22(15-21)28(33)31-23-12-13-24(18(3)4)20(6)14-23/h8-16,18H,7,17H2,1-6H3,(H,30,32)(H,31,33)/b26-19-,29-8-. The van der Waals surface area contributed by atoms with Crippen LogP contribution in [0.2, 0.25) is 0 Å². The number of amides is 1. The zero-order valence-corrected chi connectivity index (χ0v) is 21.7. The number of allylic oxidation sites excluding steroid dienone is 1. The smallest absolute Gasteiger partial charge is 0.255 e. The third-order valence-electron chi connectivity index (χ3n) is 5.76. The fraction of sp³-hybridized carbons (Fsp3) is 0.321. The minimum Gasteiger partial charge on any atom is -0.322 e. The van der Waals surface area contributed by atoms with Gasteiger partial charge in [-0.1, -0.05) is 44.5 Å². The molecule has 0 radical (unpaired) electrons. The molecule has 178 valence electrons. The highest BCUT2D eigenvalue weighted by molar-refractivity contribution is 8.07. The Morgan fingerprint density at radius 2 is 2.03 bits per heavy atom. The summed E-state index contributed by atoms with van der Waals surface area (Å²) in [6.45, 7) is 12.6. The first-order chi connectivity index (χ1) is 16.3. The summed E-state index contributed by atoms with van der Waals surface area (Å²) in [4.78, 5) is 18.5. The van der Waals surface area contributed by atoms with Gasteiger partial charge in [0.15, 0.2) is 5.82 Å². The molecule has 34 heavy (non-hydrogen) atoms. The van der Waals surface area contributed by atoms with Gasteiger partial charge < -0.3 is 5.32 Å². The van der Waals surface area contributed by atoms with E-state index in [-0.39, 0.29) is 5.91 Å². The monoisotopic (exact) mass is 474 g/mol. The second-order valence-corrected chi connectivity index (χ2v) is 9.64. The van der Waals surface area contributed by atoms with Crippen molar-refractivity contribution >= 4 is 40.3 Å². The number of hydrogen-bond acceptors (Lipinski definition) is 4. The Labute approximate surface area is 207 Å². The van der Waals surface area contributed by atoms with E-state index in [9.17, 15) is 4.79 Å². The van der Waals surface area contributed by atoms with E-state index in [0.29, 0.717) is 11.5 Å². The van der Waals surface area contributed by atoms with E-state index >= 15 is 0 Å². The van der Waals surface area contributed by atoms with Crippen molar-refractivity contribution in [3.05, 3.63) is 82.1 Å². The highest BCUT2D eigenvalue weighted by Crippen LogP contribution is 2.38. The molecule has 1 aromatic heterocycles. The lowest BCUT2D eigenvalue weighted by molar-refractivity contribution is 0.102. The van der Waals surface area contributed by atoms with Gasteiger partial charge in [-0.2, -0.15) is 5.10 Å².